The minimum atomic E-state index is -2.00. The van der Waals surface area contributed by atoms with Crippen molar-refractivity contribution in [2.75, 3.05) is 0 Å². The first-order valence-corrected chi connectivity index (χ1v) is 7.72. The van der Waals surface area contributed by atoms with E-state index in [-0.39, 0.29) is 5.76 Å². The number of aliphatic hydroxyl groups is 1. The summed E-state index contributed by atoms with van der Waals surface area (Å²) in [5.41, 5.74) is -5.46. The Bertz CT molecular complexity index is 776. The Kier molecular flexibility index (Phi) is 3.58. The maximum absolute atomic E-state index is 11.1. The zero-order valence-electron chi connectivity index (χ0n) is 12.9. The molecule has 24 heavy (non-hydrogen) atoms. The van der Waals surface area contributed by atoms with Gasteiger partial charge in [-0.15, -0.1) is 0 Å². The molecular weight excluding hydrogens is 306 g/mol. The Hall–Kier alpha value is -2.84. The van der Waals surface area contributed by atoms with Crippen LogP contribution in [0.25, 0.3) is 0 Å². The molecule has 2 heterocycles. The topological polar surface area (TPSA) is 141 Å². The van der Waals surface area contributed by atoms with E-state index in [2.05, 4.69) is 5.32 Å². The minimum Gasteiger partial charge on any atom is -0.468 e. The Labute approximate surface area is 139 Å². The molecule has 1 aliphatic heterocycles. The van der Waals surface area contributed by atoms with Gasteiger partial charge in [-0.3, -0.25) is 5.32 Å². The first-order valence-electron chi connectivity index (χ1n) is 7.72. The van der Waals surface area contributed by atoms with Crippen molar-refractivity contribution in [2.45, 2.75) is 37.5 Å². The van der Waals surface area contributed by atoms with Crippen molar-refractivity contribution in [2.24, 2.45) is 16.7 Å². The molecular formula is C17H15N5O2. The lowest BCUT2D eigenvalue weighted by molar-refractivity contribution is -0.164. The average molecular weight is 321 g/mol. The number of nitrogens with zero attached hydrogens (tertiary/aromatic N) is 4. The minimum absolute atomic E-state index is 0.241. The van der Waals surface area contributed by atoms with Gasteiger partial charge in [0, 0.05) is 5.92 Å². The summed E-state index contributed by atoms with van der Waals surface area (Å²) in [4.78, 5) is 0. The number of hydrogen-bond donors (Lipinski definition) is 2. The van der Waals surface area contributed by atoms with Gasteiger partial charge in [0.2, 0.25) is 0 Å². The zero-order valence-corrected chi connectivity index (χ0v) is 12.9. The fraction of sp³-hybridized carbons (Fsp3) is 0.529. The second-order valence-electron chi connectivity index (χ2n) is 6.38. The molecule has 0 bridgehead atoms. The smallest absolute Gasteiger partial charge is 0.198 e. The molecule has 0 spiro atoms. The Morgan fingerprint density at radius 2 is 1.75 bits per heavy atom. The van der Waals surface area contributed by atoms with Crippen molar-refractivity contribution >= 4 is 0 Å². The van der Waals surface area contributed by atoms with Crippen molar-refractivity contribution in [3.8, 4) is 24.3 Å². The summed E-state index contributed by atoms with van der Waals surface area (Å²) in [7, 11) is 0. The molecule has 7 nitrogen and oxygen atoms in total. The highest BCUT2D eigenvalue weighted by atomic mass is 16.3. The lowest BCUT2D eigenvalue weighted by Gasteiger charge is -2.56. The Morgan fingerprint density at radius 3 is 2.29 bits per heavy atom. The number of hydrogen-bond acceptors (Lipinski definition) is 7. The molecule has 2 N–H and O–H groups in total. The van der Waals surface area contributed by atoms with Crippen molar-refractivity contribution in [3.63, 3.8) is 0 Å². The van der Waals surface area contributed by atoms with Gasteiger partial charge in [0.05, 0.1) is 30.5 Å². The second-order valence-corrected chi connectivity index (χ2v) is 6.38. The normalized spacial score (nSPS) is 33.0. The number of nitrogens with one attached hydrogen (secondary N) is 1. The van der Waals surface area contributed by atoms with Crippen LogP contribution in [0.15, 0.2) is 22.8 Å². The van der Waals surface area contributed by atoms with Crippen LogP contribution in [0, 0.1) is 62.1 Å². The number of fused-ring (bicyclic) bond motifs is 1. The van der Waals surface area contributed by atoms with E-state index in [0.717, 1.165) is 12.8 Å². The highest BCUT2D eigenvalue weighted by Crippen LogP contribution is 2.61. The first-order chi connectivity index (χ1) is 11.5. The predicted molar refractivity (Wildman–Crippen MR) is 78.8 cm³/mol. The number of piperidine rings is 1. The van der Waals surface area contributed by atoms with E-state index in [4.69, 9.17) is 4.42 Å². The summed E-state index contributed by atoms with van der Waals surface area (Å²) >= 11 is 0. The van der Waals surface area contributed by atoms with Crippen LogP contribution in [-0.4, -0.2) is 10.8 Å². The van der Waals surface area contributed by atoms with E-state index in [9.17, 15) is 26.2 Å². The summed E-state index contributed by atoms with van der Waals surface area (Å²) in [6.45, 7) is 0. The Morgan fingerprint density at radius 1 is 1.08 bits per heavy atom. The third kappa shape index (κ3) is 1.75. The summed E-state index contributed by atoms with van der Waals surface area (Å²) in [6.07, 6.45) is 3.56. The molecule has 1 aliphatic carbocycles. The summed E-state index contributed by atoms with van der Waals surface area (Å²) in [5, 5.41) is 53.5. The molecule has 1 aromatic heterocycles. The molecule has 2 aliphatic rings. The van der Waals surface area contributed by atoms with E-state index in [1.54, 1.807) is 12.1 Å². The third-order valence-corrected chi connectivity index (χ3v) is 5.38. The second kappa shape index (κ2) is 5.36. The predicted octanol–water partition coefficient (Wildman–Crippen LogP) is 1.87. The van der Waals surface area contributed by atoms with Gasteiger partial charge in [-0.1, -0.05) is 6.42 Å². The average Bonchev–Trinajstić information content (AvgIpc) is 3.14. The van der Waals surface area contributed by atoms with Crippen molar-refractivity contribution in [3.05, 3.63) is 24.2 Å². The standard InChI is InChI=1S/C17H15N5O2/c18-8-15(9-19)13-5-1-2-6-17(13,23)22-14(12-4-3-7-24-12)16(15,10-20)11-21/h3-4,7,13-14,22-23H,1-2,5-6H2. The molecule has 3 rings (SSSR count). The van der Waals surface area contributed by atoms with Gasteiger partial charge in [0.25, 0.3) is 0 Å². The van der Waals surface area contributed by atoms with Gasteiger partial charge >= 0.3 is 0 Å². The van der Waals surface area contributed by atoms with Crippen molar-refractivity contribution in [1.82, 2.24) is 5.32 Å². The molecule has 0 radical (unpaired) electrons. The largest absolute Gasteiger partial charge is 0.468 e. The van der Waals surface area contributed by atoms with Crippen molar-refractivity contribution < 1.29 is 9.52 Å². The van der Waals surface area contributed by atoms with E-state index in [1.165, 1.54) is 6.26 Å². The molecule has 0 amide bonds. The van der Waals surface area contributed by atoms with E-state index < -0.39 is 28.5 Å². The molecule has 1 aromatic rings. The van der Waals surface area contributed by atoms with Crippen molar-refractivity contribution in [1.29, 1.82) is 21.0 Å². The third-order valence-electron chi connectivity index (χ3n) is 5.38. The van der Waals surface area contributed by atoms with Gasteiger partial charge in [0.15, 0.2) is 10.8 Å². The summed E-state index contributed by atoms with van der Waals surface area (Å²) in [5.74, 6) is -0.593. The molecule has 1 saturated carbocycles. The number of furan rings is 1. The fourth-order valence-electron chi connectivity index (χ4n) is 4.19. The quantitative estimate of drug-likeness (QED) is 0.804. The molecule has 0 aromatic carbocycles. The molecule has 1 saturated heterocycles. The highest BCUT2D eigenvalue weighted by Gasteiger charge is 2.72. The molecule has 3 unspecified atom stereocenters. The fourth-order valence-corrected chi connectivity index (χ4v) is 4.19. The van der Waals surface area contributed by atoms with Crippen LogP contribution in [0.1, 0.15) is 37.5 Å². The molecule has 2 fully saturated rings. The number of rotatable bonds is 1. The molecule has 120 valence electrons. The molecule has 7 heteroatoms. The zero-order chi connectivity index (χ0) is 17.4. The lowest BCUT2D eigenvalue weighted by Crippen LogP contribution is -2.70. The van der Waals surface area contributed by atoms with Gasteiger partial charge in [-0.05, 0) is 31.4 Å². The van der Waals surface area contributed by atoms with Gasteiger partial charge < -0.3 is 9.52 Å². The van der Waals surface area contributed by atoms with Crippen LogP contribution in [-0.2, 0) is 0 Å². The molecule has 3 atom stereocenters. The maximum atomic E-state index is 11.1. The first kappa shape index (κ1) is 16.0. The summed E-state index contributed by atoms with van der Waals surface area (Å²) in [6, 6.07) is 9.75. The van der Waals surface area contributed by atoms with Crippen LogP contribution in [0.5, 0.6) is 0 Å². The lowest BCUT2D eigenvalue weighted by atomic mass is 9.49. The van der Waals surface area contributed by atoms with E-state index >= 15 is 0 Å². The summed E-state index contributed by atoms with van der Waals surface area (Å²) < 4.78 is 5.34. The van der Waals surface area contributed by atoms with Gasteiger partial charge in [-0.2, -0.15) is 21.0 Å². The van der Waals surface area contributed by atoms with E-state index in [1.807, 2.05) is 24.3 Å². The van der Waals surface area contributed by atoms with Crippen LogP contribution >= 0.6 is 0 Å². The van der Waals surface area contributed by atoms with Crippen LogP contribution in [0.2, 0.25) is 0 Å². The SMILES string of the molecule is N#CC1(C#N)C(c2ccco2)NC2(O)CCCCC2C1(C#N)C#N. The van der Waals surface area contributed by atoms with Gasteiger partial charge in [-0.25, -0.2) is 0 Å². The van der Waals surface area contributed by atoms with Crippen LogP contribution < -0.4 is 5.32 Å². The van der Waals surface area contributed by atoms with Gasteiger partial charge in [0.1, 0.15) is 17.5 Å². The number of nitriles is 4. The maximum Gasteiger partial charge on any atom is 0.198 e. The monoisotopic (exact) mass is 321 g/mol. The van der Waals surface area contributed by atoms with E-state index in [0.29, 0.717) is 12.8 Å². The highest BCUT2D eigenvalue weighted by molar-refractivity contribution is 5.43. The van der Waals surface area contributed by atoms with Crippen LogP contribution in [0.4, 0.5) is 0 Å². The van der Waals surface area contributed by atoms with Crippen LogP contribution in [0.3, 0.4) is 0 Å². The Balaban J connectivity index is 2.30.